The number of hydrogen-bond donors (Lipinski definition) is 2. The molecule has 0 bridgehead atoms. The molecule has 3 aromatic rings. The van der Waals surface area contributed by atoms with E-state index < -0.39 is 0 Å². The number of thiazole rings is 1. The van der Waals surface area contributed by atoms with Crippen molar-refractivity contribution in [3.05, 3.63) is 48.0 Å². The van der Waals surface area contributed by atoms with E-state index in [9.17, 15) is 9.59 Å². The maximum absolute atomic E-state index is 12.4. The highest BCUT2D eigenvalue weighted by atomic mass is 32.1. The second-order valence-corrected chi connectivity index (χ2v) is 7.95. The molecule has 8 heteroatoms. The van der Waals surface area contributed by atoms with Gasteiger partial charge in [0.25, 0.3) is 0 Å². The van der Waals surface area contributed by atoms with Gasteiger partial charge in [-0.25, -0.2) is 9.78 Å². The van der Waals surface area contributed by atoms with Crippen molar-refractivity contribution in [1.82, 2.24) is 10.3 Å². The Kier molecular flexibility index (Phi) is 5.35. The van der Waals surface area contributed by atoms with Gasteiger partial charge in [-0.2, -0.15) is 0 Å². The molecular formula is C21H22N4O3S. The van der Waals surface area contributed by atoms with Crippen LogP contribution < -0.4 is 20.3 Å². The number of carbonyl (C=O) groups excluding carboxylic acids is 2. The molecule has 0 aliphatic carbocycles. The van der Waals surface area contributed by atoms with Crippen molar-refractivity contribution < 1.29 is 14.3 Å². The lowest BCUT2D eigenvalue weighted by Gasteiger charge is -2.17. The third-order valence-electron chi connectivity index (χ3n) is 4.68. The van der Waals surface area contributed by atoms with Crippen LogP contribution in [0.5, 0.6) is 5.75 Å². The number of fused-ring (bicyclic) bond motifs is 1. The first-order valence-corrected chi connectivity index (χ1v) is 10.3. The minimum atomic E-state index is -0.355. The van der Waals surface area contributed by atoms with Crippen LogP contribution in [0.1, 0.15) is 18.9 Å². The van der Waals surface area contributed by atoms with Crippen LogP contribution in [0.25, 0.3) is 10.2 Å². The fourth-order valence-corrected chi connectivity index (χ4v) is 4.31. The van der Waals surface area contributed by atoms with Gasteiger partial charge < -0.3 is 15.0 Å². The highest BCUT2D eigenvalue weighted by molar-refractivity contribution is 7.22. The fraction of sp³-hybridized carbons (Fsp3) is 0.286. The van der Waals surface area contributed by atoms with Gasteiger partial charge in [0, 0.05) is 18.7 Å². The Morgan fingerprint density at radius 2 is 2.07 bits per heavy atom. The zero-order valence-corrected chi connectivity index (χ0v) is 17.1. The van der Waals surface area contributed by atoms with Gasteiger partial charge in [-0.3, -0.25) is 10.1 Å². The van der Waals surface area contributed by atoms with Crippen LogP contribution in [-0.2, 0) is 4.79 Å². The summed E-state index contributed by atoms with van der Waals surface area (Å²) in [5.41, 5.74) is 2.80. The number of nitrogens with one attached hydrogen (secondary N) is 2. The van der Waals surface area contributed by atoms with Gasteiger partial charge in [-0.05, 0) is 55.8 Å². The Morgan fingerprint density at radius 1 is 1.28 bits per heavy atom. The van der Waals surface area contributed by atoms with Crippen LogP contribution in [0, 0.1) is 6.92 Å². The maximum atomic E-state index is 12.4. The lowest BCUT2D eigenvalue weighted by Crippen LogP contribution is -2.39. The summed E-state index contributed by atoms with van der Waals surface area (Å²) in [4.78, 5) is 30.9. The average Bonchev–Trinajstić information content (AvgIpc) is 3.24. The topological polar surface area (TPSA) is 83.6 Å². The van der Waals surface area contributed by atoms with Crippen molar-refractivity contribution >= 4 is 44.3 Å². The Balaban J connectivity index is 1.36. The number of rotatable bonds is 5. The number of nitrogens with zero attached hydrogens (tertiary/aromatic N) is 2. The quantitative estimate of drug-likeness (QED) is 0.668. The molecule has 0 radical (unpaired) electrons. The number of carbonyl (C=O) groups is 2. The van der Waals surface area contributed by atoms with E-state index in [0.29, 0.717) is 18.3 Å². The molecule has 1 atom stereocenters. The van der Waals surface area contributed by atoms with Crippen molar-refractivity contribution in [2.24, 2.45) is 0 Å². The lowest BCUT2D eigenvalue weighted by molar-refractivity contribution is -0.117. The second kappa shape index (κ2) is 8.08. The van der Waals surface area contributed by atoms with E-state index in [4.69, 9.17) is 4.74 Å². The van der Waals surface area contributed by atoms with E-state index in [0.717, 1.165) is 27.2 Å². The maximum Gasteiger partial charge on any atom is 0.321 e. The molecule has 1 aliphatic rings. The van der Waals surface area contributed by atoms with Gasteiger partial charge in [0.15, 0.2) is 5.13 Å². The minimum absolute atomic E-state index is 0.0186. The summed E-state index contributed by atoms with van der Waals surface area (Å²) >= 11 is 1.43. The third-order valence-corrected chi connectivity index (χ3v) is 5.62. The van der Waals surface area contributed by atoms with Crippen molar-refractivity contribution in [1.29, 1.82) is 0 Å². The summed E-state index contributed by atoms with van der Waals surface area (Å²) in [6.07, 6.45) is 0.264. The largest absolute Gasteiger partial charge is 0.494 e. The van der Waals surface area contributed by atoms with E-state index in [1.54, 1.807) is 4.90 Å². The van der Waals surface area contributed by atoms with Crippen molar-refractivity contribution in [2.75, 3.05) is 23.4 Å². The first kappa shape index (κ1) is 19.2. The van der Waals surface area contributed by atoms with Crippen molar-refractivity contribution in [2.45, 2.75) is 26.3 Å². The molecule has 2 heterocycles. The molecule has 2 aromatic carbocycles. The van der Waals surface area contributed by atoms with Gasteiger partial charge in [0.2, 0.25) is 5.91 Å². The first-order valence-electron chi connectivity index (χ1n) is 9.50. The summed E-state index contributed by atoms with van der Waals surface area (Å²) in [5.74, 6) is 0.748. The van der Waals surface area contributed by atoms with Gasteiger partial charge in [-0.1, -0.05) is 17.4 Å². The predicted octanol–water partition coefficient (Wildman–Crippen LogP) is 3.93. The van der Waals surface area contributed by atoms with Crippen LogP contribution in [0.15, 0.2) is 42.5 Å². The number of amides is 3. The zero-order valence-electron chi connectivity index (χ0n) is 16.3. The molecule has 1 aromatic heterocycles. The molecule has 150 valence electrons. The number of ether oxygens (including phenoxy) is 1. The molecule has 4 rings (SSSR count). The van der Waals surface area contributed by atoms with Gasteiger partial charge in [0.05, 0.1) is 22.9 Å². The van der Waals surface area contributed by atoms with Gasteiger partial charge in [-0.15, -0.1) is 0 Å². The molecule has 1 fully saturated rings. The van der Waals surface area contributed by atoms with Crippen LogP contribution in [0.2, 0.25) is 0 Å². The van der Waals surface area contributed by atoms with Gasteiger partial charge in [0.1, 0.15) is 5.75 Å². The molecule has 1 saturated heterocycles. The van der Waals surface area contributed by atoms with Crippen molar-refractivity contribution in [3.63, 3.8) is 0 Å². The smallest absolute Gasteiger partial charge is 0.321 e. The lowest BCUT2D eigenvalue weighted by atomic mass is 10.2. The number of urea groups is 1. The average molecular weight is 410 g/mol. The Hall–Kier alpha value is -3.13. The SMILES string of the molecule is CCOc1ccc(N2C[C@@H](NC(=O)Nc3nc4ccc(C)cc4s3)CC2=O)cc1. The monoisotopic (exact) mass is 410 g/mol. The molecular weight excluding hydrogens is 388 g/mol. The Labute approximate surface area is 172 Å². The summed E-state index contributed by atoms with van der Waals surface area (Å²) < 4.78 is 6.46. The first-order chi connectivity index (χ1) is 14.0. The standard InChI is InChI=1S/C21H22N4O3S/c1-3-28-16-7-5-15(6-8-16)25-12-14(11-19(25)26)22-20(27)24-21-23-17-9-4-13(2)10-18(17)29-21/h4-10,14H,3,11-12H2,1-2H3,(H2,22,23,24,27)/t14-/m0/s1. The second-order valence-electron chi connectivity index (χ2n) is 6.92. The van der Waals surface area contributed by atoms with E-state index >= 15 is 0 Å². The number of aryl methyl sites for hydroxylation is 1. The number of aromatic nitrogens is 1. The predicted molar refractivity (Wildman–Crippen MR) is 115 cm³/mol. The molecule has 0 spiro atoms. The third kappa shape index (κ3) is 4.32. The fourth-order valence-electron chi connectivity index (χ4n) is 3.35. The molecule has 7 nitrogen and oxygen atoms in total. The van der Waals surface area contributed by atoms with Crippen LogP contribution in [-0.4, -0.2) is 36.1 Å². The van der Waals surface area contributed by atoms with Crippen LogP contribution in [0.4, 0.5) is 15.6 Å². The van der Waals surface area contributed by atoms with Gasteiger partial charge >= 0.3 is 6.03 Å². The number of benzene rings is 2. The molecule has 3 amide bonds. The van der Waals surface area contributed by atoms with Crippen molar-refractivity contribution in [3.8, 4) is 5.75 Å². The highest BCUT2D eigenvalue weighted by Gasteiger charge is 2.31. The molecule has 0 saturated carbocycles. The Morgan fingerprint density at radius 3 is 2.83 bits per heavy atom. The summed E-state index contributed by atoms with van der Waals surface area (Å²) in [6, 6.07) is 12.8. The summed E-state index contributed by atoms with van der Waals surface area (Å²) in [5, 5.41) is 6.19. The summed E-state index contributed by atoms with van der Waals surface area (Å²) in [6.45, 7) is 4.97. The van der Waals surface area contributed by atoms with E-state index in [-0.39, 0.29) is 24.4 Å². The van der Waals surface area contributed by atoms with E-state index in [1.165, 1.54) is 11.3 Å². The molecule has 2 N–H and O–H groups in total. The van der Waals surface area contributed by atoms with E-state index in [1.807, 2.05) is 56.3 Å². The summed E-state index contributed by atoms with van der Waals surface area (Å²) in [7, 11) is 0. The van der Waals surface area contributed by atoms with E-state index in [2.05, 4.69) is 15.6 Å². The minimum Gasteiger partial charge on any atom is -0.494 e. The molecule has 29 heavy (non-hydrogen) atoms. The highest BCUT2D eigenvalue weighted by Crippen LogP contribution is 2.27. The normalized spacial score (nSPS) is 16.3. The van der Waals surface area contributed by atoms with Crippen LogP contribution in [0.3, 0.4) is 0 Å². The Bertz CT molecular complexity index is 1050. The zero-order chi connectivity index (χ0) is 20.4. The number of anilines is 2. The molecule has 1 aliphatic heterocycles. The van der Waals surface area contributed by atoms with Crippen LogP contribution >= 0.6 is 11.3 Å². The number of hydrogen-bond acceptors (Lipinski definition) is 5. The molecule has 0 unspecified atom stereocenters.